The third-order valence-electron chi connectivity index (χ3n) is 5.89. The Bertz CT molecular complexity index is 974. The fourth-order valence-corrected chi connectivity index (χ4v) is 4.36. The SMILES string of the molecule is Cc1cc(N2CCN(c3ccc4ncnc(N5CCCC5)c4c3)CC2)ccn1. The third-order valence-corrected chi connectivity index (χ3v) is 5.89. The van der Waals surface area contributed by atoms with Crippen LogP contribution >= 0.6 is 0 Å². The van der Waals surface area contributed by atoms with Crippen LogP contribution in [-0.2, 0) is 0 Å². The fraction of sp³-hybridized carbons (Fsp3) is 0.409. The molecule has 144 valence electrons. The summed E-state index contributed by atoms with van der Waals surface area (Å²) in [6, 6.07) is 10.9. The zero-order chi connectivity index (χ0) is 18.9. The van der Waals surface area contributed by atoms with Crippen LogP contribution in [0.25, 0.3) is 10.9 Å². The van der Waals surface area contributed by atoms with Crippen molar-refractivity contribution >= 4 is 28.1 Å². The first kappa shape index (κ1) is 17.2. The minimum Gasteiger partial charge on any atom is -0.368 e. The lowest BCUT2D eigenvalue weighted by Gasteiger charge is -2.37. The summed E-state index contributed by atoms with van der Waals surface area (Å²) in [4.78, 5) is 20.7. The number of nitrogens with zero attached hydrogens (tertiary/aromatic N) is 6. The van der Waals surface area contributed by atoms with Gasteiger partial charge in [0.15, 0.2) is 0 Å². The molecule has 0 aliphatic carbocycles. The van der Waals surface area contributed by atoms with E-state index < -0.39 is 0 Å². The molecule has 0 radical (unpaired) electrons. The first-order valence-electron chi connectivity index (χ1n) is 10.2. The van der Waals surface area contributed by atoms with E-state index in [2.05, 4.69) is 66.9 Å². The quantitative estimate of drug-likeness (QED) is 0.701. The highest BCUT2D eigenvalue weighted by molar-refractivity contribution is 5.92. The van der Waals surface area contributed by atoms with Crippen LogP contribution in [0.5, 0.6) is 0 Å². The van der Waals surface area contributed by atoms with E-state index >= 15 is 0 Å². The topological polar surface area (TPSA) is 48.4 Å². The number of aromatic nitrogens is 3. The molecule has 5 rings (SSSR count). The van der Waals surface area contributed by atoms with Crippen molar-refractivity contribution in [3.63, 3.8) is 0 Å². The smallest absolute Gasteiger partial charge is 0.139 e. The molecular weight excluding hydrogens is 348 g/mol. The summed E-state index contributed by atoms with van der Waals surface area (Å²) in [6.07, 6.45) is 6.11. The Morgan fingerprint density at radius 1 is 0.714 bits per heavy atom. The zero-order valence-corrected chi connectivity index (χ0v) is 16.4. The van der Waals surface area contributed by atoms with Crippen molar-refractivity contribution in [3.8, 4) is 0 Å². The number of pyridine rings is 1. The van der Waals surface area contributed by atoms with E-state index in [9.17, 15) is 0 Å². The van der Waals surface area contributed by atoms with Crippen LogP contribution in [0.1, 0.15) is 18.5 Å². The molecule has 6 nitrogen and oxygen atoms in total. The Kier molecular flexibility index (Phi) is 4.47. The van der Waals surface area contributed by atoms with Gasteiger partial charge in [0, 0.05) is 67.9 Å². The molecular formula is C22H26N6. The molecule has 2 fully saturated rings. The van der Waals surface area contributed by atoms with E-state index in [4.69, 9.17) is 0 Å². The summed E-state index contributed by atoms with van der Waals surface area (Å²) in [7, 11) is 0. The summed E-state index contributed by atoms with van der Waals surface area (Å²) in [5, 5.41) is 1.18. The molecule has 4 heterocycles. The van der Waals surface area contributed by atoms with Gasteiger partial charge in [0.25, 0.3) is 0 Å². The molecule has 0 spiro atoms. The first-order valence-corrected chi connectivity index (χ1v) is 10.2. The van der Waals surface area contributed by atoms with Gasteiger partial charge in [-0.2, -0.15) is 0 Å². The molecule has 0 bridgehead atoms. The molecule has 0 N–H and O–H groups in total. The monoisotopic (exact) mass is 374 g/mol. The number of hydrogen-bond donors (Lipinski definition) is 0. The Balaban J connectivity index is 1.37. The molecule has 2 aliphatic rings. The molecule has 0 saturated carbocycles. The summed E-state index contributed by atoms with van der Waals surface area (Å²) < 4.78 is 0. The molecule has 6 heteroatoms. The predicted molar refractivity (Wildman–Crippen MR) is 114 cm³/mol. The van der Waals surface area contributed by atoms with Crippen molar-refractivity contribution in [1.29, 1.82) is 0 Å². The molecule has 2 aromatic heterocycles. The number of hydrogen-bond acceptors (Lipinski definition) is 6. The van der Waals surface area contributed by atoms with Crippen LogP contribution < -0.4 is 14.7 Å². The fourth-order valence-electron chi connectivity index (χ4n) is 4.36. The number of aryl methyl sites for hydroxylation is 1. The molecule has 3 aromatic rings. The van der Waals surface area contributed by atoms with Crippen LogP contribution in [0.3, 0.4) is 0 Å². The second-order valence-corrected chi connectivity index (χ2v) is 7.72. The maximum atomic E-state index is 4.62. The highest BCUT2D eigenvalue weighted by Gasteiger charge is 2.20. The van der Waals surface area contributed by atoms with Crippen molar-refractivity contribution in [2.45, 2.75) is 19.8 Å². The van der Waals surface area contributed by atoms with E-state index in [0.29, 0.717) is 0 Å². The van der Waals surface area contributed by atoms with Crippen molar-refractivity contribution in [2.75, 3.05) is 54.0 Å². The van der Waals surface area contributed by atoms with E-state index in [0.717, 1.165) is 56.3 Å². The zero-order valence-electron chi connectivity index (χ0n) is 16.4. The second-order valence-electron chi connectivity index (χ2n) is 7.72. The van der Waals surface area contributed by atoms with Crippen LogP contribution in [-0.4, -0.2) is 54.2 Å². The van der Waals surface area contributed by atoms with Gasteiger partial charge >= 0.3 is 0 Å². The van der Waals surface area contributed by atoms with Gasteiger partial charge in [-0.3, -0.25) is 4.98 Å². The number of anilines is 3. The minimum absolute atomic E-state index is 1.01. The van der Waals surface area contributed by atoms with Gasteiger partial charge in [0.2, 0.25) is 0 Å². The molecule has 0 unspecified atom stereocenters. The van der Waals surface area contributed by atoms with E-state index in [1.165, 1.54) is 29.6 Å². The van der Waals surface area contributed by atoms with Gasteiger partial charge in [0.1, 0.15) is 12.1 Å². The van der Waals surface area contributed by atoms with Gasteiger partial charge in [-0.25, -0.2) is 9.97 Å². The van der Waals surface area contributed by atoms with Crippen molar-refractivity contribution in [3.05, 3.63) is 48.5 Å². The molecule has 0 atom stereocenters. The number of fused-ring (bicyclic) bond motifs is 1. The third kappa shape index (κ3) is 3.23. The molecule has 2 saturated heterocycles. The molecule has 1 aromatic carbocycles. The van der Waals surface area contributed by atoms with Crippen LogP contribution in [0, 0.1) is 6.92 Å². The van der Waals surface area contributed by atoms with Crippen molar-refractivity contribution in [1.82, 2.24) is 15.0 Å². The Labute approximate surface area is 165 Å². The highest BCUT2D eigenvalue weighted by atomic mass is 15.3. The second kappa shape index (κ2) is 7.26. The lowest BCUT2D eigenvalue weighted by molar-refractivity contribution is 0.653. The normalized spacial score (nSPS) is 17.5. The lowest BCUT2D eigenvalue weighted by Crippen LogP contribution is -2.46. The summed E-state index contributed by atoms with van der Waals surface area (Å²) in [6.45, 7) is 8.31. The number of rotatable bonds is 3. The van der Waals surface area contributed by atoms with E-state index in [1.807, 2.05) is 6.20 Å². The average molecular weight is 374 g/mol. The van der Waals surface area contributed by atoms with Gasteiger partial charge in [0.05, 0.1) is 5.52 Å². The maximum Gasteiger partial charge on any atom is 0.139 e. The lowest BCUT2D eigenvalue weighted by atomic mass is 10.1. The summed E-state index contributed by atoms with van der Waals surface area (Å²) in [5.41, 5.74) is 4.65. The Hall–Kier alpha value is -2.89. The number of piperazine rings is 1. The van der Waals surface area contributed by atoms with Crippen LogP contribution in [0.15, 0.2) is 42.9 Å². The van der Waals surface area contributed by atoms with Gasteiger partial charge in [-0.05, 0) is 50.1 Å². The van der Waals surface area contributed by atoms with E-state index in [1.54, 1.807) is 6.33 Å². The van der Waals surface area contributed by atoms with Crippen molar-refractivity contribution in [2.24, 2.45) is 0 Å². The summed E-state index contributed by atoms with van der Waals surface area (Å²) >= 11 is 0. The highest BCUT2D eigenvalue weighted by Crippen LogP contribution is 2.30. The number of benzene rings is 1. The minimum atomic E-state index is 1.01. The predicted octanol–water partition coefficient (Wildman–Crippen LogP) is 3.26. The van der Waals surface area contributed by atoms with Gasteiger partial charge < -0.3 is 14.7 Å². The Morgan fingerprint density at radius 2 is 1.43 bits per heavy atom. The molecule has 0 amide bonds. The Morgan fingerprint density at radius 3 is 2.14 bits per heavy atom. The average Bonchev–Trinajstić information content (AvgIpc) is 3.28. The molecule has 2 aliphatic heterocycles. The standard InChI is InChI=1S/C22H26N6/c1-17-14-19(6-7-23-17)27-12-10-26(11-13-27)18-4-5-21-20(15-18)22(25-16-24-21)28-8-2-3-9-28/h4-7,14-16H,2-3,8-13H2,1H3. The summed E-state index contributed by atoms with van der Waals surface area (Å²) in [5.74, 6) is 1.09. The van der Waals surface area contributed by atoms with Gasteiger partial charge in [-0.1, -0.05) is 0 Å². The van der Waals surface area contributed by atoms with Crippen molar-refractivity contribution < 1.29 is 0 Å². The maximum absolute atomic E-state index is 4.62. The van der Waals surface area contributed by atoms with Crippen LogP contribution in [0.4, 0.5) is 17.2 Å². The largest absolute Gasteiger partial charge is 0.368 e. The van der Waals surface area contributed by atoms with E-state index in [-0.39, 0.29) is 0 Å². The molecule has 28 heavy (non-hydrogen) atoms. The van der Waals surface area contributed by atoms with Gasteiger partial charge in [-0.15, -0.1) is 0 Å². The van der Waals surface area contributed by atoms with Crippen LogP contribution in [0.2, 0.25) is 0 Å². The first-order chi connectivity index (χ1) is 13.8.